The summed E-state index contributed by atoms with van der Waals surface area (Å²) < 4.78 is 0. The number of nitrogens with one attached hydrogen (secondary N) is 2. The molecule has 4 nitrogen and oxygen atoms in total. The van der Waals surface area contributed by atoms with E-state index >= 15 is 0 Å². The van der Waals surface area contributed by atoms with Crippen molar-refractivity contribution in [3.63, 3.8) is 0 Å². The quantitative estimate of drug-likeness (QED) is 0.785. The Morgan fingerprint density at radius 3 is 2.78 bits per heavy atom. The van der Waals surface area contributed by atoms with Gasteiger partial charge in [-0.2, -0.15) is 0 Å². The van der Waals surface area contributed by atoms with Gasteiger partial charge in [0.1, 0.15) is 0 Å². The highest BCUT2D eigenvalue weighted by molar-refractivity contribution is 8.00. The molecule has 0 fully saturated rings. The van der Waals surface area contributed by atoms with Crippen LogP contribution in [-0.2, 0) is 11.2 Å². The zero-order chi connectivity index (χ0) is 16.7. The number of thioether (sulfide) groups is 1. The molecule has 2 N–H and O–H groups in total. The molecule has 0 aliphatic carbocycles. The zero-order valence-corrected chi connectivity index (χ0v) is 14.9. The van der Waals surface area contributed by atoms with E-state index in [2.05, 4.69) is 10.6 Å². The summed E-state index contributed by atoms with van der Waals surface area (Å²) in [5, 5.41) is 7.06. The third-order valence-corrected chi connectivity index (χ3v) is 5.29. The van der Waals surface area contributed by atoms with E-state index in [1.807, 2.05) is 49.6 Å². The maximum atomic E-state index is 11.8. The number of carbonyl (C=O) groups excluding carboxylic acids is 2. The highest BCUT2D eigenvalue weighted by Crippen LogP contribution is 2.23. The smallest absolute Gasteiger partial charge is 0.321 e. The van der Waals surface area contributed by atoms with Gasteiger partial charge in [-0.25, -0.2) is 4.79 Å². The Kier molecular flexibility index (Phi) is 6.67. The summed E-state index contributed by atoms with van der Waals surface area (Å²) in [6, 6.07) is 9.69. The van der Waals surface area contributed by atoms with Crippen LogP contribution in [0.2, 0.25) is 0 Å². The van der Waals surface area contributed by atoms with Gasteiger partial charge in [-0.05, 0) is 43.3 Å². The molecule has 1 aromatic heterocycles. The minimum Gasteiger partial charge on any atom is -0.337 e. The first kappa shape index (κ1) is 17.6. The Morgan fingerprint density at radius 2 is 2.04 bits per heavy atom. The van der Waals surface area contributed by atoms with Crippen molar-refractivity contribution in [1.82, 2.24) is 10.6 Å². The fourth-order valence-electron chi connectivity index (χ4n) is 1.97. The molecule has 0 saturated carbocycles. The fraction of sp³-hybridized carbons (Fsp3) is 0.294. The lowest BCUT2D eigenvalue weighted by atomic mass is 10.2. The number of carbonyl (C=O) groups is 2. The van der Waals surface area contributed by atoms with Crippen LogP contribution in [0.3, 0.4) is 0 Å². The van der Waals surface area contributed by atoms with Crippen LogP contribution in [0.4, 0.5) is 4.79 Å². The van der Waals surface area contributed by atoms with Crippen LogP contribution in [0.5, 0.6) is 0 Å². The largest absolute Gasteiger partial charge is 0.337 e. The summed E-state index contributed by atoms with van der Waals surface area (Å²) >= 11 is 3.10. The van der Waals surface area contributed by atoms with Crippen molar-refractivity contribution in [1.29, 1.82) is 0 Å². The summed E-state index contributed by atoms with van der Waals surface area (Å²) in [4.78, 5) is 25.8. The highest BCUT2D eigenvalue weighted by Gasteiger charge is 2.09. The highest BCUT2D eigenvalue weighted by atomic mass is 32.2. The first-order valence-corrected chi connectivity index (χ1v) is 9.21. The van der Waals surface area contributed by atoms with Gasteiger partial charge in [0.05, 0.1) is 5.75 Å². The third kappa shape index (κ3) is 6.08. The van der Waals surface area contributed by atoms with Gasteiger partial charge < -0.3 is 5.32 Å². The minimum absolute atomic E-state index is 0.225. The maximum Gasteiger partial charge on any atom is 0.321 e. The molecule has 0 atom stereocenters. The lowest BCUT2D eigenvalue weighted by Crippen LogP contribution is -2.41. The number of aryl methyl sites for hydroxylation is 2. The first-order chi connectivity index (χ1) is 11.0. The van der Waals surface area contributed by atoms with E-state index in [1.165, 1.54) is 16.6 Å². The second-order valence-corrected chi connectivity index (χ2v) is 7.24. The van der Waals surface area contributed by atoms with Crippen LogP contribution in [-0.4, -0.2) is 24.2 Å². The van der Waals surface area contributed by atoms with E-state index in [4.69, 9.17) is 0 Å². The SMILES string of the molecule is Cc1ccc(C)c(SCC(=O)NC(=O)NCCc2cccs2)c1. The van der Waals surface area contributed by atoms with Crippen molar-refractivity contribution in [2.24, 2.45) is 0 Å². The number of benzene rings is 1. The van der Waals surface area contributed by atoms with Gasteiger partial charge in [0.25, 0.3) is 0 Å². The predicted octanol–water partition coefficient (Wildman–Crippen LogP) is 3.53. The Labute approximate surface area is 144 Å². The average Bonchev–Trinajstić information content (AvgIpc) is 3.01. The second-order valence-electron chi connectivity index (χ2n) is 5.19. The average molecular weight is 348 g/mol. The molecule has 23 heavy (non-hydrogen) atoms. The topological polar surface area (TPSA) is 58.2 Å². The number of hydrogen-bond acceptors (Lipinski definition) is 4. The molecular formula is C17H20N2O2S2. The van der Waals surface area contributed by atoms with Gasteiger partial charge in [-0.1, -0.05) is 23.8 Å². The number of imide groups is 1. The van der Waals surface area contributed by atoms with E-state index in [-0.39, 0.29) is 11.7 Å². The number of urea groups is 1. The zero-order valence-electron chi connectivity index (χ0n) is 13.2. The van der Waals surface area contributed by atoms with Crippen molar-refractivity contribution in [3.8, 4) is 0 Å². The van der Waals surface area contributed by atoms with Gasteiger partial charge in [0.15, 0.2) is 0 Å². The Bertz CT molecular complexity index is 669. The number of amides is 3. The number of rotatable bonds is 6. The van der Waals surface area contributed by atoms with Gasteiger partial charge in [0.2, 0.25) is 5.91 Å². The van der Waals surface area contributed by atoms with E-state index in [9.17, 15) is 9.59 Å². The molecule has 0 aliphatic rings. The van der Waals surface area contributed by atoms with Gasteiger partial charge in [-0.3, -0.25) is 10.1 Å². The van der Waals surface area contributed by atoms with Gasteiger partial charge >= 0.3 is 6.03 Å². The normalized spacial score (nSPS) is 10.3. The molecule has 0 saturated heterocycles. The third-order valence-electron chi connectivity index (χ3n) is 3.19. The van der Waals surface area contributed by atoms with E-state index in [0.29, 0.717) is 6.54 Å². The molecule has 0 spiro atoms. The fourth-order valence-corrected chi connectivity index (χ4v) is 3.60. The van der Waals surface area contributed by atoms with Crippen molar-refractivity contribution < 1.29 is 9.59 Å². The number of thiophene rings is 1. The second kappa shape index (κ2) is 8.74. The van der Waals surface area contributed by atoms with E-state index in [0.717, 1.165) is 22.4 Å². The molecule has 3 amide bonds. The molecule has 0 radical (unpaired) electrons. The molecular weight excluding hydrogens is 328 g/mol. The Morgan fingerprint density at radius 1 is 1.22 bits per heavy atom. The summed E-state index contributed by atoms with van der Waals surface area (Å²) in [5.41, 5.74) is 2.29. The van der Waals surface area contributed by atoms with Crippen LogP contribution in [0, 0.1) is 13.8 Å². The van der Waals surface area contributed by atoms with E-state index in [1.54, 1.807) is 11.3 Å². The molecule has 0 unspecified atom stereocenters. The summed E-state index contributed by atoms with van der Waals surface area (Å²) in [7, 11) is 0. The molecule has 0 aliphatic heterocycles. The molecule has 1 aromatic carbocycles. The van der Waals surface area contributed by atoms with Crippen molar-refractivity contribution in [3.05, 3.63) is 51.7 Å². The van der Waals surface area contributed by atoms with Crippen LogP contribution in [0.1, 0.15) is 16.0 Å². The molecule has 6 heteroatoms. The monoisotopic (exact) mass is 348 g/mol. The summed E-state index contributed by atoms with van der Waals surface area (Å²) in [6.45, 7) is 4.55. The predicted molar refractivity (Wildman–Crippen MR) is 96.2 cm³/mol. The lowest BCUT2D eigenvalue weighted by molar-refractivity contribution is -0.117. The van der Waals surface area contributed by atoms with Crippen molar-refractivity contribution in [2.45, 2.75) is 25.2 Å². The first-order valence-electron chi connectivity index (χ1n) is 7.34. The Hall–Kier alpha value is -1.79. The van der Waals surface area contributed by atoms with E-state index < -0.39 is 6.03 Å². The van der Waals surface area contributed by atoms with Crippen LogP contribution >= 0.6 is 23.1 Å². The molecule has 0 bridgehead atoms. The lowest BCUT2D eigenvalue weighted by Gasteiger charge is -2.08. The maximum absolute atomic E-state index is 11.8. The van der Waals surface area contributed by atoms with Crippen LogP contribution in [0.15, 0.2) is 40.6 Å². The standard InChI is InChI=1S/C17H20N2O2S2/c1-12-5-6-13(2)15(10-12)23-11-16(20)19-17(21)18-8-7-14-4-3-9-22-14/h3-6,9-10H,7-8,11H2,1-2H3,(H2,18,19,20,21). The van der Waals surface area contributed by atoms with Gasteiger partial charge in [0, 0.05) is 16.3 Å². The van der Waals surface area contributed by atoms with Gasteiger partial charge in [-0.15, -0.1) is 23.1 Å². The molecule has 122 valence electrons. The van der Waals surface area contributed by atoms with Crippen LogP contribution < -0.4 is 10.6 Å². The molecule has 2 rings (SSSR count). The summed E-state index contributed by atoms with van der Waals surface area (Å²) in [5.74, 6) is -0.0626. The number of hydrogen-bond donors (Lipinski definition) is 2. The van der Waals surface area contributed by atoms with Crippen molar-refractivity contribution in [2.75, 3.05) is 12.3 Å². The van der Waals surface area contributed by atoms with Crippen molar-refractivity contribution >= 4 is 35.0 Å². The molecule has 2 aromatic rings. The summed E-state index contributed by atoms with van der Waals surface area (Å²) in [6.07, 6.45) is 0.774. The minimum atomic E-state index is -0.437. The van der Waals surface area contributed by atoms with Crippen LogP contribution in [0.25, 0.3) is 0 Å². The molecule has 1 heterocycles. The Balaban J connectivity index is 1.69.